The van der Waals surface area contributed by atoms with Crippen molar-refractivity contribution in [3.05, 3.63) is 0 Å². The Hall–Kier alpha value is -0.570. The van der Waals surface area contributed by atoms with Gasteiger partial charge in [-0.15, -0.1) is 0 Å². The lowest BCUT2D eigenvalue weighted by Crippen LogP contribution is -2.57. The van der Waals surface area contributed by atoms with Gasteiger partial charge < -0.3 is 13.8 Å². The molecule has 0 saturated carbocycles. The number of nitrogens with one attached hydrogen (secondary N) is 1. The van der Waals surface area contributed by atoms with E-state index in [0.717, 1.165) is 0 Å². The smallest absolute Gasteiger partial charge is 0.326 e. The molecule has 5 atom stereocenters. The molecule has 2 fully saturated rings. The number of hydrogen-bond acceptors (Lipinski definition) is 7. The first-order valence-electron chi connectivity index (χ1n) is 10.3. The van der Waals surface area contributed by atoms with Gasteiger partial charge in [0.1, 0.15) is 6.23 Å². The molecule has 9 nitrogen and oxygen atoms in total. The van der Waals surface area contributed by atoms with Gasteiger partial charge in [-0.1, -0.05) is 29.5 Å². The molecule has 2 rings (SSSR count). The predicted molar refractivity (Wildman–Crippen MR) is 122 cm³/mol. The minimum absolute atomic E-state index is 0.193. The Morgan fingerprint density at radius 3 is 2.60 bits per heavy atom. The monoisotopic (exact) mass is 554 g/mol. The topological polar surface area (TPSA) is 104 Å². The second-order valence-corrected chi connectivity index (χ2v) is 10.3. The van der Waals surface area contributed by atoms with E-state index in [0.29, 0.717) is 30.4 Å². The Bertz CT molecular complexity index is 639. The number of hydrogen-bond donors (Lipinski definition) is 1. The highest BCUT2D eigenvalue weighted by Crippen LogP contribution is 2.49. The van der Waals surface area contributed by atoms with Gasteiger partial charge in [0.2, 0.25) is 5.91 Å². The molecule has 2 saturated heterocycles. The summed E-state index contributed by atoms with van der Waals surface area (Å²) in [4.78, 5) is 25.7. The molecule has 0 spiro atoms. The van der Waals surface area contributed by atoms with Gasteiger partial charge in [-0.05, 0) is 27.7 Å². The van der Waals surface area contributed by atoms with Gasteiger partial charge in [-0.25, -0.2) is 9.46 Å². The zero-order valence-corrected chi connectivity index (χ0v) is 21.3. The molecule has 1 N–H and O–H groups in total. The van der Waals surface area contributed by atoms with Gasteiger partial charge in [-0.3, -0.25) is 15.0 Å². The van der Waals surface area contributed by atoms with Crippen molar-refractivity contribution in [1.29, 1.82) is 5.26 Å². The number of urea groups is 1. The van der Waals surface area contributed by atoms with Crippen molar-refractivity contribution in [1.82, 2.24) is 14.9 Å². The quantitative estimate of drug-likeness (QED) is 0.191. The number of carbonyl (C=O) groups is 2. The average molecular weight is 554 g/mol. The van der Waals surface area contributed by atoms with E-state index in [1.807, 2.05) is 0 Å². The van der Waals surface area contributed by atoms with Crippen molar-refractivity contribution in [2.75, 3.05) is 17.6 Å². The molecule has 30 heavy (non-hydrogen) atoms. The predicted octanol–water partition coefficient (Wildman–Crippen LogP) is 3.39. The van der Waals surface area contributed by atoms with E-state index in [4.69, 9.17) is 19.0 Å². The van der Waals surface area contributed by atoms with Gasteiger partial charge in [0.25, 0.3) is 8.53 Å². The Morgan fingerprint density at radius 2 is 2.03 bits per heavy atom. The summed E-state index contributed by atoms with van der Waals surface area (Å²) in [6.45, 7) is 10.8. The van der Waals surface area contributed by atoms with E-state index < -0.39 is 20.8 Å². The van der Waals surface area contributed by atoms with Crippen LogP contribution in [0.2, 0.25) is 0 Å². The van der Waals surface area contributed by atoms with Crippen molar-refractivity contribution in [2.24, 2.45) is 5.92 Å². The third-order valence-electron chi connectivity index (χ3n) is 4.98. The summed E-state index contributed by atoms with van der Waals surface area (Å²) in [5, 5.41) is 11.3. The van der Waals surface area contributed by atoms with Crippen LogP contribution < -0.4 is 5.32 Å². The molecule has 0 bridgehead atoms. The molecule has 3 amide bonds. The molecular weight excluding hydrogens is 522 g/mol. The Morgan fingerprint density at radius 1 is 1.37 bits per heavy atom. The van der Waals surface area contributed by atoms with Crippen molar-refractivity contribution in [2.45, 2.75) is 78.0 Å². The number of alkyl halides is 1. The SMILES string of the molecule is CC1CN([C@H]2C[C@H](OP(OCCC#N)N(C(C)C)C(C)C)[C@@H](CI)O2)C(=O)NC1=O. The van der Waals surface area contributed by atoms with Crippen LogP contribution >= 0.6 is 31.1 Å². The third kappa shape index (κ3) is 6.47. The highest BCUT2D eigenvalue weighted by molar-refractivity contribution is 14.1. The van der Waals surface area contributed by atoms with E-state index in [2.05, 4.69) is 66.3 Å². The molecule has 2 heterocycles. The van der Waals surface area contributed by atoms with Crippen LogP contribution in [0.5, 0.6) is 0 Å². The number of ether oxygens (including phenoxy) is 1. The standard InChI is InChI=1S/C19H32IN4O5P/c1-12(2)24(13(3)4)30(27-8-6-7-21)29-15-9-17(28-16(15)10-20)23-11-14(5)18(25)22-19(23)26/h12-17H,6,8-11H2,1-5H3,(H,22,25,26)/t14?,15-,16+,17+,30?/m0/s1. The Labute approximate surface area is 193 Å². The molecule has 0 aromatic rings. The normalized spacial score (nSPS) is 28.3. The molecule has 0 aliphatic carbocycles. The first kappa shape index (κ1) is 25.7. The lowest BCUT2D eigenvalue weighted by atomic mass is 10.1. The Kier molecular flexibility index (Phi) is 10.2. The minimum atomic E-state index is -1.40. The summed E-state index contributed by atoms with van der Waals surface area (Å²) in [5.74, 6) is -0.542. The maximum Gasteiger partial charge on any atom is 0.326 e. The van der Waals surface area contributed by atoms with Crippen LogP contribution in [0.1, 0.15) is 47.5 Å². The zero-order valence-electron chi connectivity index (χ0n) is 18.2. The molecule has 11 heteroatoms. The summed E-state index contributed by atoms with van der Waals surface area (Å²) in [6.07, 6.45) is -0.0892. The summed E-state index contributed by atoms with van der Waals surface area (Å²) in [7, 11) is -1.40. The van der Waals surface area contributed by atoms with Crippen molar-refractivity contribution in [3.63, 3.8) is 0 Å². The number of halogens is 1. The van der Waals surface area contributed by atoms with Crippen LogP contribution in [0, 0.1) is 17.2 Å². The van der Waals surface area contributed by atoms with E-state index in [9.17, 15) is 9.59 Å². The van der Waals surface area contributed by atoms with Crippen LogP contribution in [-0.2, 0) is 18.6 Å². The minimum Gasteiger partial charge on any atom is -0.351 e. The fraction of sp³-hybridized carbons (Fsp3) is 0.842. The number of nitriles is 1. The van der Waals surface area contributed by atoms with Crippen molar-refractivity contribution < 1.29 is 23.4 Å². The van der Waals surface area contributed by atoms with Crippen molar-refractivity contribution >= 4 is 43.1 Å². The Balaban J connectivity index is 2.13. The number of imide groups is 1. The molecule has 2 unspecified atom stereocenters. The molecule has 0 aromatic carbocycles. The van der Waals surface area contributed by atoms with Crippen LogP contribution in [0.3, 0.4) is 0 Å². The molecule has 0 aromatic heterocycles. The second kappa shape index (κ2) is 11.9. The van der Waals surface area contributed by atoms with Gasteiger partial charge in [0.15, 0.2) is 0 Å². The maximum atomic E-state index is 12.3. The van der Waals surface area contributed by atoms with Gasteiger partial charge in [0, 0.05) is 29.5 Å². The summed E-state index contributed by atoms with van der Waals surface area (Å²) in [5.41, 5.74) is 0. The first-order chi connectivity index (χ1) is 14.2. The fourth-order valence-electron chi connectivity index (χ4n) is 3.56. The largest absolute Gasteiger partial charge is 0.351 e. The lowest BCUT2D eigenvalue weighted by Gasteiger charge is -2.37. The third-order valence-corrected chi connectivity index (χ3v) is 8.00. The average Bonchev–Trinajstić information content (AvgIpc) is 3.06. The summed E-state index contributed by atoms with van der Waals surface area (Å²) >= 11 is 2.26. The van der Waals surface area contributed by atoms with Crippen LogP contribution in [0.4, 0.5) is 4.79 Å². The van der Waals surface area contributed by atoms with E-state index >= 15 is 0 Å². The van der Waals surface area contributed by atoms with Gasteiger partial charge >= 0.3 is 6.03 Å². The van der Waals surface area contributed by atoms with Crippen LogP contribution in [-0.4, -0.2) is 69.6 Å². The maximum absolute atomic E-state index is 12.3. The number of nitrogens with zero attached hydrogens (tertiary/aromatic N) is 3. The number of rotatable bonds is 10. The summed E-state index contributed by atoms with van der Waals surface area (Å²) < 4.78 is 21.5. The molecule has 2 aliphatic heterocycles. The zero-order chi connectivity index (χ0) is 22.4. The van der Waals surface area contributed by atoms with Crippen LogP contribution in [0.25, 0.3) is 0 Å². The highest BCUT2D eigenvalue weighted by Gasteiger charge is 2.45. The molecule has 170 valence electrons. The van der Waals surface area contributed by atoms with E-state index in [-0.39, 0.29) is 36.1 Å². The first-order valence-corrected chi connectivity index (χ1v) is 12.9. The highest BCUT2D eigenvalue weighted by atomic mass is 127. The molecular formula is C19H32IN4O5P. The van der Waals surface area contributed by atoms with Crippen molar-refractivity contribution in [3.8, 4) is 6.07 Å². The summed E-state index contributed by atoms with van der Waals surface area (Å²) in [6, 6.07) is 2.09. The van der Waals surface area contributed by atoms with Gasteiger partial charge in [-0.2, -0.15) is 5.26 Å². The molecule has 0 radical (unpaired) electrons. The van der Waals surface area contributed by atoms with E-state index in [1.54, 1.807) is 11.8 Å². The molecule has 2 aliphatic rings. The number of amides is 3. The van der Waals surface area contributed by atoms with E-state index in [1.165, 1.54) is 0 Å². The van der Waals surface area contributed by atoms with Gasteiger partial charge in [0.05, 0.1) is 37.2 Å². The lowest BCUT2D eigenvalue weighted by molar-refractivity contribution is -0.127. The van der Waals surface area contributed by atoms with Crippen LogP contribution in [0.15, 0.2) is 0 Å². The fourth-order valence-corrected chi connectivity index (χ4v) is 6.10. The second-order valence-electron chi connectivity index (χ2n) is 8.06. The number of carbonyl (C=O) groups excluding carboxylic acids is 2.